The van der Waals surface area contributed by atoms with Crippen molar-refractivity contribution in [3.05, 3.63) is 0 Å². The van der Waals surface area contributed by atoms with Crippen molar-refractivity contribution < 1.29 is 0 Å². The van der Waals surface area contributed by atoms with Gasteiger partial charge in [0.05, 0.1) is 0 Å². The van der Waals surface area contributed by atoms with E-state index in [1.54, 1.807) is 7.05 Å². The number of guanidine groups is 1. The molecule has 0 aromatic rings. The second kappa shape index (κ2) is 7.52. The summed E-state index contributed by atoms with van der Waals surface area (Å²) in [6.45, 7) is 1.26. The molecule has 0 fully saturated rings. The molecule has 0 heterocycles. The molecule has 0 aliphatic heterocycles. The monoisotopic (exact) mass is 152 g/mol. The predicted molar refractivity (Wildman–Crippen MR) is 41.9 cm³/mol. The van der Waals surface area contributed by atoms with E-state index in [1.165, 1.54) is 0 Å². The van der Waals surface area contributed by atoms with E-state index in [9.17, 15) is 0 Å². The Labute approximate surface area is 61.1 Å². The molecule has 0 saturated heterocycles. The van der Waals surface area contributed by atoms with Gasteiger partial charge in [-0.3, -0.25) is 4.99 Å². The van der Waals surface area contributed by atoms with E-state index in [0.717, 1.165) is 0 Å². The summed E-state index contributed by atoms with van der Waals surface area (Å²) in [5.41, 5.74) is 10.4. The van der Waals surface area contributed by atoms with Gasteiger partial charge in [-0.15, -0.1) is 12.4 Å². The summed E-state index contributed by atoms with van der Waals surface area (Å²) in [5.74, 6) is 0.440. The molecule has 9 heavy (non-hydrogen) atoms. The van der Waals surface area contributed by atoms with Crippen LogP contribution in [0.3, 0.4) is 0 Å². The third-order valence-electron chi connectivity index (χ3n) is 0.691. The molecule has 0 aliphatic carbocycles. The summed E-state index contributed by atoms with van der Waals surface area (Å²) in [6.07, 6.45) is 0. The number of halogens is 1. The van der Waals surface area contributed by atoms with Crippen LogP contribution in [0.1, 0.15) is 0 Å². The second-order valence-electron chi connectivity index (χ2n) is 1.32. The van der Waals surface area contributed by atoms with Crippen LogP contribution in [0.5, 0.6) is 0 Å². The maximum Gasteiger partial charge on any atom is 0.188 e. The second-order valence-corrected chi connectivity index (χ2v) is 1.32. The number of hydrogen-bond acceptors (Lipinski definition) is 2. The van der Waals surface area contributed by atoms with E-state index in [-0.39, 0.29) is 12.4 Å². The van der Waals surface area contributed by atoms with Gasteiger partial charge in [0.15, 0.2) is 5.96 Å². The van der Waals surface area contributed by atoms with E-state index in [0.29, 0.717) is 19.0 Å². The number of nitrogens with two attached hydrogens (primary N) is 2. The highest BCUT2D eigenvalue weighted by molar-refractivity contribution is 5.85. The summed E-state index contributed by atoms with van der Waals surface area (Å²) in [7, 11) is 1.62. The molecule has 0 aliphatic rings. The molecule has 0 saturated carbocycles. The summed E-state index contributed by atoms with van der Waals surface area (Å²) < 4.78 is 0. The molecule has 5 N–H and O–H groups in total. The Morgan fingerprint density at radius 3 is 2.56 bits per heavy atom. The molecular weight excluding hydrogens is 140 g/mol. The van der Waals surface area contributed by atoms with E-state index in [2.05, 4.69) is 10.3 Å². The van der Waals surface area contributed by atoms with Crippen molar-refractivity contribution in [1.82, 2.24) is 5.32 Å². The number of nitrogens with zero attached hydrogens (tertiary/aromatic N) is 1. The van der Waals surface area contributed by atoms with E-state index < -0.39 is 0 Å². The Hall–Kier alpha value is -0.480. The molecule has 0 bridgehead atoms. The number of hydrogen-bond donors (Lipinski definition) is 3. The van der Waals surface area contributed by atoms with E-state index in [4.69, 9.17) is 11.5 Å². The fourth-order valence-electron chi connectivity index (χ4n) is 0.279. The first-order valence-electron chi connectivity index (χ1n) is 2.47. The van der Waals surface area contributed by atoms with Gasteiger partial charge in [0.1, 0.15) is 0 Å². The van der Waals surface area contributed by atoms with Crippen LogP contribution in [0, 0.1) is 0 Å². The molecule has 5 heteroatoms. The predicted octanol–water partition coefficient (Wildman–Crippen LogP) is -1.10. The smallest absolute Gasteiger partial charge is 0.188 e. The Bertz CT molecular complexity index is 82.6. The molecule has 0 spiro atoms. The average molecular weight is 153 g/mol. The zero-order chi connectivity index (χ0) is 6.41. The standard InChI is InChI=1S/C4H12N4.ClH/c1-7-4(6)8-3-2-5;/h2-3,5H2,1H3,(H3,6,7,8);1H. The van der Waals surface area contributed by atoms with Crippen LogP contribution in [0.4, 0.5) is 0 Å². The van der Waals surface area contributed by atoms with Gasteiger partial charge in [-0.2, -0.15) is 0 Å². The fourth-order valence-corrected chi connectivity index (χ4v) is 0.279. The molecule has 0 rings (SSSR count). The SMILES string of the molecule is CN=C(N)NCCN.Cl. The first-order valence-corrected chi connectivity index (χ1v) is 2.47. The zero-order valence-electron chi connectivity index (χ0n) is 5.42. The van der Waals surface area contributed by atoms with Crippen molar-refractivity contribution in [2.75, 3.05) is 20.1 Å². The molecule has 0 atom stereocenters. The minimum Gasteiger partial charge on any atom is -0.370 e. The first-order chi connectivity index (χ1) is 3.81. The Morgan fingerprint density at radius 2 is 2.22 bits per heavy atom. The molecule has 0 radical (unpaired) electrons. The van der Waals surface area contributed by atoms with Gasteiger partial charge in [-0.25, -0.2) is 0 Å². The van der Waals surface area contributed by atoms with Gasteiger partial charge in [0.2, 0.25) is 0 Å². The summed E-state index contributed by atoms with van der Waals surface area (Å²) in [5, 5.41) is 2.78. The van der Waals surface area contributed by atoms with Crippen LogP contribution in [0.2, 0.25) is 0 Å². The van der Waals surface area contributed by atoms with Gasteiger partial charge in [0.25, 0.3) is 0 Å². The molecule has 0 unspecified atom stereocenters. The van der Waals surface area contributed by atoms with Crippen LogP contribution in [-0.4, -0.2) is 26.1 Å². The van der Waals surface area contributed by atoms with Crippen LogP contribution >= 0.6 is 12.4 Å². The third kappa shape index (κ3) is 7.52. The number of rotatable bonds is 2. The number of nitrogens with one attached hydrogen (secondary N) is 1. The van der Waals surface area contributed by atoms with E-state index in [1.807, 2.05) is 0 Å². The Morgan fingerprint density at radius 1 is 1.67 bits per heavy atom. The van der Waals surface area contributed by atoms with Gasteiger partial charge in [-0.1, -0.05) is 0 Å². The summed E-state index contributed by atoms with van der Waals surface area (Å²) in [4.78, 5) is 3.65. The lowest BCUT2D eigenvalue weighted by molar-refractivity contribution is 0.866. The quantitative estimate of drug-likeness (QED) is 0.347. The van der Waals surface area contributed by atoms with Gasteiger partial charge < -0.3 is 16.8 Å². The molecular formula is C4H13ClN4. The van der Waals surface area contributed by atoms with Crippen LogP contribution in [0.15, 0.2) is 4.99 Å². The summed E-state index contributed by atoms with van der Waals surface area (Å²) >= 11 is 0. The van der Waals surface area contributed by atoms with Crippen molar-refractivity contribution in [3.63, 3.8) is 0 Å². The van der Waals surface area contributed by atoms with Crippen molar-refractivity contribution in [1.29, 1.82) is 0 Å². The molecule has 0 amide bonds. The maximum absolute atomic E-state index is 5.24. The Balaban J connectivity index is 0. The molecule has 56 valence electrons. The highest BCUT2D eigenvalue weighted by Gasteiger charge is 1.82. The van der Waals surface area contributed by atoms with Crippen molar-refractivity contribution in [2.24, 2.45) is 16.5 Å². The lowest BCUT2D eigenvalue weighted by Gasteiger charge is -1.99. The third-order valence-corrected chi connectivity index (χ3v) is 0.691. The van der Waals surface area contributed by atoms with Crippen LogP contribution in [0.25, 0.3) is 0 Å². The van der Waals surface area contributed by atoms with Crippen molar-refractivity contribution in [3.8, 4) is 0 Å². The minimum atomic E-state index is 0. The highest BCUT2D eigenvalue weighted by atomic mass is 35.5. The largest absolute Gasteiger partial charge is 0.370 e. The topological polar surface area (TPSA) is 76.4 Å². The van der Waals surface area contributed by atoms with Crippen molar-refractivity contribution >= 4 is 18.4 Å². The first kappa shape index (κ1) is 11.3. The van der Waals surface area contributed by atoms with Crippen molar-refractivity contribution in [2.45, 2.75) is 0 Å². The normalized spacial score (nSPS) is 10.2. The molecule has 0 aromatic carbocycles. The lowest BCUT2D eigenvalue weighted by Crippen LogP contribution is -2.34. The maximum atomic E-state index is 5.24. The minimum absolute atomic E-state index is 0. The fraction of sp³-hybridized carbons (Fsp3) is 0.750. The average Bonchev–Trinajstić information content (AvgIpc) is 1.83. The van der Waals surface area contributed by atoms with Gasteiger partial charge in [0, 0.05) is 20.1 Å². The van der Waals surface area contributed by atoms with Gasteiger partial charge >= 0.3 is 0 Å². The highest BCUT2D eigenvalue weighted by Crippen LogP contribution is 1.55. The van der Waals surface area contributed by atoms with E-state index >= 15 is 0 Å². The van der Waals surface area contributed by atoms with Crippen LogP contribution < -0.4 is 16.8 Å². The summed E-state index contributed by atoms with van der Waals surface area (Å²) in [6, 6.07) is 0. The molecule has 0 aromatic heterocycles. The number of aliphatic imine (C=N–C) groups is 1. The van der Waals surface area contributed by atoms with Crippen LogP contribution in [-0.2, 0) is 0 Å². The Kier molecular flexibility index (Phi) is 9.47. The zero-order valence-corrected chi connectivity index (χ0v) is 6.24. The molecule has 4 nitrogen and oxygen atoms in total. The van der Waals surface area contributed by atoms with Gasteiger partial charge in [-0.05, 0) is 0 Å². The lowest BCUT2D eigenvalue weighted by atomic mass is 10.6.